The van der Waals surface area contributed by atoms with E-state index >= 15 is 0 Å². The van der Waals surface area contributed by atoms with Gasteiger partial charge in [0.15, 0.2) is 0 Å². The van der Waals surface area contributed by atoms with Crippen LogP contribution >= 0.6 is 0 Å². The Bertz CT molecular complexity index is 302. The molecule has 1 heterocycles. The number of carbonyl (C=O) groups is 2. The summed E-state index contributed by atoms with van der Waals surface area (Å²) in [5.41, 5.74) is 0. The van der Waals surface area contributed by atoms with Crippen molar-refractivity contribution in [2.45, 2.75) is 19.1 Å². The van der Waals surface area contributed by atoms with Gasteiger partial charge in [0.2, 0.25) is 5.91 Å². The highest BCUT2D eigenvalue weighted by molar-refractivity contribution is 5.77. The van der Waals surface area contributed by atoms with Gasteiger partial charge in [-0.15, -0.1) is 0 Å². The number of amides is 1. The maximum atomic E-state index is 11.2. The van der Waals surface area contributed by atoms with Crippen LogP contribution in [-0.2, 0) is 23.8 Å². The van der Waals surface area contributed by atoms with E-state index in [1.807, 2.05) is 6.08 Å². The molecule has 0 saturated carbocycles. The van der Waals surface area contributed by atoms with Gasteiger partial charge in [-0.25, -0.2) is 0 Å². The average Bonchev–Trinajstić information content (AvgIpc) is 2.28. The zero-order valence-electron chi connectivity index (χ0n) is 9.97. The molecule has 0 saturated heterocycles. The maximum Gasteiger partial charge on any atom is 0.302 e. The Kier molecular flexibility index (Phi) is 5.65. The highest BCUT2D eigenvalue weighted by Crippen LogP contribution is 2.06. The molecule has 0 aliphatic carbocycles. The number of ether oxygens (including phenoxy) is 3. The van der Waals surface area contributed by atoms with Crippen LogP contribution in [0.2, 0.25) is 0 Å². The van der Waals surface area contributed by atoms with Crippen molar-refractivity contribution in [2.24, 2.45) is 0 Å². The normalized spacial score (nSPS) is 23.2. The van der Waals surface area contributed by atoms with Gasteiger partial charge in [0, 0.05) is 14.0 Å². The molecule has 1 N–H and O–H groups in total. The molecule has 6 heteroatoms. The lowest BCUT2D eigenvalue weighted by Crippen LogP contribution is -2.42. The minimum Gasteiger partial charge on any atom is -0.463 e. The highest BCUT2D eigenvalue weighted by atomic mass is 16.6. The Hall–Kier alpha value is -1.40. The summed E-state index contributed by atoms with van der Waals surface area (Å²) in [4.78, 5) is 21.8. The standard InChI is InChI=1S/C11H17NO5/c1-8(13)16-6-10-4-3-9(5-17-10)12-11(14)7-15-2/h3-4,9-10H,5-7H2,1-2H3,(H,12,14)/t9-,10-/m1/s1. The van der Waals surface area contributed by atoms with Gasteiger partial charge in [0.1, 0.15) is 19.3 Å². The van der Waals surface area contributed by atoms with Crippen LogP contribution < -0.4 is 5.32 Å². The number of rotatable bonds is 5. The average molecular weight is 243 g/mol. The van der Waals surface area contributed by atoms with E-state index in [2.05, 4.69) is 5.32 Å². The van der Waals surface area contributed by atoms with Crippen LogP contribution in [0.25, 0.3) is 0 Å². The second-order valence-corrected chi connectivity index (χ2v) is 3.67. The minimum absolute atomic E-state index is 0.0290. The molecule has 0 spiro atoms. The lowest BCUT2D eigenvalue weighted by Gasteiger charge is -2.24. The Morgan fingerprint density at radius 2 is 2.24 bits per heavy atom. The van der Waals surface area contributed by atoms with Crippen LogP contribution in [0, 0.1) is 0 Å². The van der Waals surface area contributed by atoms with Gasteiger partial charge in [0.05, 0.1) is 12.6 Å². The topological polar surface area (TPSA) is 73.9 Å². The smallest absolute Gasteiger partial charge is 0.302 e. The molecular formula is C11H17NO5. The van der Waals surface area contributed by atoms with E-state index in [4.69, 9.17) is 14.2 Å². The monoisotopic (exact) mass is 243 g/mol. The van der Waals surface area contributed by atoms with Crippen molar-refractivity contribution < 1.29 is 23.8 Å². The lowest BCUT2D eigenvalue weighted by atomic mass is 10.2. The molecule has 96 valence electrons. The first-order valence-electron chi connectivity index (χ1n) is 5.33. The number of hydrogen-bond acceptors (Lipinski definition) is 5. The summed E-state index contributed by atoms with van der Waals surface area (Å²) in [7, 11) is 1.46. The molecular weight excluding hydrogens is 226 g/mol. The molecule has 1 amide bonds. The van der Waals surface area contributed by atoms with E-state index in [0.29, 0.717) is 6.61 Å². The molecule has 1 aliphatic heterocycles. The Morgan fingerprint density at radius 1 is 1.47 bits per heavy atom. The summed E-state index contributed by atoms with van der Waals surface area (Å²) < 4.78 is 14.9. The number of carbonyl (C=O) groups excluding carboxylic acids is 2. The quantitative estimate of drug-likeness (QED) is 0.527. The lowest BCUT2D eigenvalue weighted by molar-refractivity contribution is -0.144. The van der Waals surface area contributed by atoms with Gasteiger partial charge in [-0.2, -0.15) is 0 Å². The van der Waals surface area contributed by atoms with Gasteiger partial charge in [0.25, 0.3) is 0 Å². The van der Waals surface area contributed by atoms with E-state index in [1.165, 1.54) is 14.0 Å². The summed E-state index contributed by atoms with van der Waals surface area (Å²) in [6, 6.07) is -0.161. The van der Waals surface area contributed by atoms with Crippen LogP contribution in [0.1, 0.15) is 6.92 Å². The van der Waals surface area contributed by atoms with Crippen LogP contribution in [-0.4, -0.2) is 51.0 Å². The summed E-state index contributed by atoms with van der Waals surface area (Å²) >= 11 is 0. The SMILES string of the molecule is COCC(=O)N[C@@H]1C=C[C@H](COC(C)=O)OC1. The van der Waals surface area contributed by atoms with Gasteiger partial charge in [-0.3, -0.25) is 9.59 Å². The second kappa shape index (κ2) is 7.03. The fourth-order valence-electron chi connectivity index (χ4n) is 1.37. The Labute approximate surface area is 99.9 Å². The molecule has 0 bridgehead atoms. The zero-order valence-corrected chi connectivity index (χ0v) is 9.97. The van der Waals surface area contributed by atoms with Gasteiger partial charge in [-0.1, -0.05) is 12.2 Å². The van der Waals surface area contributed by atoms with Crippen molar-refractivity contribution >= 4 is 11.9 Å². The molecule has 17 heavy (non-hydrogen) atoms. The molecule has 0 unspecified atom stereocenters. The fraction of sp³-hybridized carbons (Fsp3) is 0.636. The van der Waals surface area contributed by atoms with Crippen molar-refractivity contribution in [3.05, 3.63) is 12.2 Å². The number of hydrogen-bond donors (Lipinski definition) is 1. The summed E-state index contributed by atoms with van der Waals surface area (Å²) in [5.74, 6) is -0.526. The Morgan fingerprint density at radius 3 is 2.76 bits per heavy atom. The van der Waals surface area contributed by atoms with Gasteiger partial charge < -0.3 is 19.5 Å². The number of esters is 1. The van der Waals surface area contributed by atoms with E-state index < -0.39 is 0 Å². The molecule has 0 fully saturated rings. The molecule has 1 rings (SSSR count). The van der Waals surface area contributed by atoms with E-state index in [0.717, 1.165) is 0 Å². The van der Waals surface area contributed by atoms with E-state index in [-0.39, 0.29) is 37.2 Å². The van der Waals surface area contributed by atoms with Crippen LogP contribution in [0.5, 0.6) is 0 Å². The predicted octanol–water partition coefficient (Wildman–Crippen LogP) is -0.364. The number of methoxy groups -OCH3 is 1. The third kappa shape index (κ3) is 5.46. The van der Waals surface area contributed by atoms with Crippen molar-refractivity contribution in [1.82, 2.24) is 5.32 Å². The first-order valence-corrected chi connectivity index (χ1v) is 5.33. The van der Waals surface area contributed by atoms with Crippen molar-refractivity contribution in [3.8, 4) is 0 Å². The van der Waals surface area contributed by atoms with Crippen molar-refractivity contribution in [2.75, 3.05) is 26.9 Å². The molecule has 0 radical (unpaired) electrons. The largest absolute Gasteiger partial charge is 0.463 e. The third-order valence-electron chi connectivity index (χ3n) is 2.12. The van der Waals surface area contributed by atoms with Gasteiger partial charge in [-0.05, 0) is 0 Å². The number of nitrogens with one attached hydrogen (secondary N) is 1. The maximum absolute atomic E-state index is 11.2. The summed E-state index contributed by atoms with van der Waals surface area (Å²) in [6.45, 7) is 1.93. The first-order chi connectivity index (χ1) is 8.11. The first kappa shape index (κ1) is 13.7. The van der Waals surface area contributed by atoms with E-state index in [1.54, 1.807) is 6.08 Å². The van der Waals surface area contributed by atoms with E-state index in [9.17, 15) is 9.59 Å². The minimum atomic E-state index is -0.336. The molecule has 2 atom stereocenters. The summed E-state index contributed by atoms with van der Waals surface area (Å²) in [6.07, 6.45) is 3.35. The molecule has 0 aromatic rings. The highest BCUT2D eigenvalue weighted by Gasteiger charge is 2.18. The Balaban J connectivity index is 2.28. The summed E-state index contributed by atoms with van der Waals surface area (Å²) in [5, 5.41) is 2.72. The van der Waals surface area contributed by atoms with Crippen LogP contribution in [0.4, 0.5) is 0 Å². The van der Waals surface area contributed by atoms with Crippen LogP contribution in [0.3, 0.4) is 0 Å². The predicted molar refractivity (Wildman–Crippen MR) is 59.3 cm³/mol. The molecule has 6 nitrogen and oxygen atoms in total. The van der Waals surface area contributed by atoms with Crippen molar-refractivity contribution in [1.29, 1.82) is 0 Å². The van der Waals surface area contributed by atoms with Crippen molar-refractivity contribution in [3.63, 3.8) is 0 Å². The van der Waals surface area contributed by atoms with Crippen LogP contribution in [0.15, 0.2) is 12.2 Å². The second-order valence-electron chi connectivity index (χ2n) is 3.67. The molecule has 0 aromatic heterocycles. The fourth-order valence-corrected chi connectivity index (χ4v) is 1.37. The molecule has 0 aromatic carbocycles. The third-order valence-corrected chi connectivity index (χ3v) is 2.12. The van der Waals surface area contributed by atoms with Gasteiger partial charge >= 0.3 is 5.97 Å². The molecule has 1 aliphatic rings. The zero-order chi connectivity index (χ0) is 12.7.